The van der Waals surface area contributed by atoms with E-state index >= 15 is 0 Å². The fourth-order valence-electron chi connectivity index (χ4n) is 3.58. The van der Waals surface area contributed by atoms with Gasteiger partial charge in [0.1, 0.15) is 0 Å². The van der Waals surface area contributed by atoms with E-state index in [1.807, 2.05) is 0 Å². The first kappa shape index (κ1) is 15.6. The Bertz CT molecular complexity index is 721. The van der Waals surface area contributed by atoms with Crippen LogP contribution in [0, 0.1) is 27.7 Å². The number of hydrogen-bond donors (Lipinski definition) is 0. The van der Waals surface area contributed by atoms with Crippen LogP contribution in [-0.2, 0) is 0 Å². The summed E-state index contributed by atoms with van der Waals surface area (Å²) in [6.45, 7) is 8.72. The highest BCUT2D eigenvalue weighted by molar-refractivity contribution is 5.47. The molecule has 0 saturated carbocycles. The molecule has 0 aromatic heterocycles. The van der Waals surface area contributed by atoms with Crippen LogP contribution in [0.25, 0.3) is 0 Å². The molecule has 0 spiro atoms. The highest BCUT2D eigenvalue weighted by atomic mass is 14.2. The first-order valence-electron chi connectivity index (χ1n) is 8.24. The molecule has 0 aliphatic rings. The Morgan fingerprint density at radius 3 is 1.26 bits per heavy atom. The van der Waals surface area contributed by atoms with Crippen molar-refractivity contribution in [1.29, 1.82) is 0 Å². The average molecular weight is 300 g/mol. The zero-order valence-corrected chi connectivity index (χ0v) is 14.4. The molecule has 0 amide bonds. The molecular formula is C23H24. The summed E-state index contributed by atoms with van der Waals surface area (Å²) >= 11 is 0. The Kier molecular flexibility index (Phi) is 4.34. The van der Waals surface area contributed by atoms with Gasteiger partial charge >= 0.3 is 0 Å². The van der Waals surface area contributed by atoms with Crippen LogP contribution in [0.15, 0.2) is 66.7 Å². The molecule has 3 aromatic carbocycles. The van der Waals surface area contributed by atoms with E-state index in [1.165, 1.54) is 38.9 Å². The van der Waals surface area contributed by atoms with Gasteiger partial charge in [-0.15, -0.1) is 0 Å². The van der Waals surface area contributed by atoms with Crippen molar-refractivity contribution in [3.05, 3.63) is 106 Å². The summed E-state index contributed by atoms with van der Waals surface area (Å²) in [5.41, 5.74) is 9.39. The Balaban J connectivity index is 2.22. The van der Waals surface area contributed by atoms with Crippen molar-refractivity contribution in [3.8, 4) is 0 Å². The summed E-state index contributed by atoms with van der Waals surface area (Å²) in [7, 11) is 0. The number of hydrogen-bond acceptors (Lipinski definition) is 0. The average Bonchev–Trinajstić information content (AvgIpc) is 2.46. The number of aryl methyl sites for hydroxylation is 4. The van der Waals surface area contributed by atoms with Crippen LogP contribution in [0.1, 0.15) is 44.9 Å². The van der Waals surface area contributed by atoms with Gasteiger partial charge in [-0.25, -0.2) is 0 Å². The standard InChI is InChI=1S/C23H24/c1-16-10-17(2)13-21(12-16)23(20-8-6-5-7-9-20)22-14-18(3)11-19(4)15-22/h5-15,23H,1-4H3. The Morgan fingerprint density at radius 1 is 0.478 bits per heavy atom. The molecule has 23 heavy (non-hydrogen) atoms. The molecule has 0 heteroatoms. The molecule has 0 radical (unpaired) electrons. The molecule has 0 unspecified atom stereocenters. The lowest BCUT2D eigenvalue weighted by molar-refractivity contribution is 0.965. The van der Waals surface area contributed by atoms with Gasteiger partial charge in [-0.3, -0.25) is 0 Å². The molecule has 0 aliphatic heterocycles. The van der Waals surface area contributed by atoms with E-state index in [0.717, 1.165) is 0 Å². The minimum absolute atomic E-state index is 0.286. The maximum Gasteiger partial charge on any atom is 0.0340 e. The molecule has 0 atom stereocenters. The third kappa shape index (κ3) is 3.53. The van der Waals surface area contributed by atoms with Crippen LogP contribution in [-0.4, -0.2) is 0 Å². The highest BCUT2D eigenvalue weighted by Gasteiger charge is 2.17. The van der Waals surface area contributed by atoms with Crippen LogP contribution in [0.5, 0.6) is 0 Å². The van der Waals surface area contributed by atoms with E-state index in [0.29, 0.717) is 0 Å². The van der Waals surface area contributed by atoms with Gasteiger partial charge in [-0.2, -0.15) is 0 Å². The number of benzene rings is 3. The Hall–Kier alpha value is -2.34. The third-order valence-corrected chi connectivity index (χ3v) is 4.29. The second kappa shape index (κ2) is 6.42. The van der Waals surface area contributed by atoms with Gasteiger partial charge in [0.05, 0.1) is 0 Å². The summed E-state index contributed by atoms with van der Waals surface area (Å²) in [6.07, 6.45) is 0. The highest BCUT2D eigenvalue weighted by Crippen LogP contribution is 2.33. The molecule has 0 aliphatic carbocycles. The van der Waals surface area contributed by atoms with Gasteiger partial charge < -0.3 is 0 Å². The van der Waals surface area contributed by atoms with E-state index in [4.69, 9.17) is 0 Å². The molecule has 0 N–H and O–H groups in total. The van der Waals surface area contributed by atoms with Gasteiger partial charge in [0.15, 0.2) is 0 Å². The van der Waals surface area contributed by atoms with Crippen molar-refractivity contribution in [2.45, 2.75) is 33.6 Å². The zero-order chi connectivity index (χ0) is 16.4. The largest absolute Gasteiger partial charge is 0.0622 e. The quantitative estimate of drug-likeness (QED) is 0.513. The van der Waals surface area contributed by atoms with Crippen LogP contribution in [0.3, 0.4) is 0 Å². The third-order valence-electron chi connectivity index (χ3n) is 4.29. The fourth-order valence-corrected chi connectivity index (χ4v) is 3.58. The lowest BCUT2D eigenvalue weighted by Gasteiger charge is -2.21. The smallest absolute Gasteiger partial charge is 0.0340 e. The van der Waals surface area contributed by atoms with E-state index in [-0.39, 0.29) is 5.92 Å². The molecule has 3 rings (SSSR count). The monoisotopic (exact) mass is 300 g/mol. The molecule has 0 bridgehead atoms. The summed E-state index contributed by atoms with van der Waals surface area (Å²) in [6, 6.07) is 24.6. The van der Waals surface area contributed by atoms with Crippen LogP contribution in [0.4, 0.5) is 0 Å². The molecule has 116 valence electrons. The zero-order valence-electron chi connectivity index (χ0n) is 14.4. The minimum atomic E-state index is 0.286. The fraction of sp³-hybridized carbons (Fsp3) is 0.217. The molecule has 0 saturated heterocycles. The van der Waals surface area contributed by atoms with Gasteiger partial charge in [-0.05, 0) is 44.4 Å². The predicted octanol–water partition coefficient (Wildman–Crippen LogP) is 6.10. The Labute approximate surface area is 139 Å². The van der Waals surface area contributed by atoms with Crippen molar-refractivity contribution < 1.29 is 0 Å². The Morgan fingerprint density at radius 2 is 0.870 bits per heavy atom. The lowest BCUT2D eigenvalue weighted by Crippen LogP contribution is -2.05. The first-order valence-corrected chi connectivity index (χ1v) is 8.24. The van der Waals surface area contributed by atoms with Crippen molar-refractivity contribution >= 4 is 0 Å². The van der Waals surface area contributed by atoms with Gasteiger partial charge in [0.25, 0.3) is 0 Å². The normalized spacial score (nSPS) is 11.0. The molecule has 3 aromatic rings. The first-order chi connectivity index (χ1) is 11.0. The lowest BCUT2D eigenvalue weighted by atomic mass is 9.83. The van der Waals surface area contributed by atoms with Gasteiger partial charge in [0.2, 0.25) is 0 Å². The number of rotatable bonds is 3. The molecule has 0 nitrogen and oxygen atoms in total. The summed E-state index contributed by atoms with van der Waals surface area (Å²) < 4.78 is 0. The van der Waals surface area contributed by atoms with Crippen LogP contribution < -0.4 is 0 Å². The SMILES string of the molecule is Cc1cc(C)cc(C(c2ccccc2)c2cc(C)cc(C)c2)c1. The van der Waals surface area contributed by atoms with Gasteiger partial charge in [-0.1, -0.05) is 89.0 Å². The van der Waals surface area contributed by atoms with Gasteiger partial charge in [0, 0.05) is 5.92 Å². The van der Waals surface area contributed by atoms with Crippen molar-refractivity contribution in [3.63, 3.8) is 0 Å². The molecular weight excluding hydrogens is 276 g/mol. The maximum absolute atomic E-state index is 2.32. The van der Waals surface area contributed by atoms with E-state index in [2.05, 4.69) is 94.4 Å². The van der Waals surface area contributed by atoms with E-state index in [9.17, 15) is 0 Å². The second-order valence-corrected chi connectivity index (χ2v) is 6.69. The summed E-state index contributed by atoms with van der Waals surface area (Å²) in [4.78, 5) is 0. The van der Waals surface area contributed by atoms with E-state index in [1.54, 1.807) is 0 Å². The second-order valence-electron chi connectivity index (χ2n) is 6.69. The topological polar surface area (TPSA) is 0 Å². The predicted molar refractivity (Wildman–Crippen MR) is 99.2 cm³/mol. The van der Waals surface area contributed by atoms with Crippen molar-refractivity contribution in [2.24, 2.45) is 0 Å². The van der Waals surface area contributed by atoms with Crippen molar-refractivity contribution in [2.75, 3.05) is 0 Å². The van der Waals surface area contributed by atoms with Crippen molar-refractivity contribution in [1.82, 2.24) is 0 Å². The molecule has 0 heterocycles. The summed E-state index contributed by atoms with van der Waals surface area (Å²) in [5.74, 6) is 0.286. The van der Waals surface area contributed by atoms with Crippen LogP contribution >= 0.6 is 0 Å². The van der Waals surface area contributed by atoms with E-state index < -0.39 is 0 Å². The molecule has 0 fully saturated rings. The summed E-state index contributed by atoms with van der Waals surface area (Å²) in [5, 5.41) is 0. The maximum atomic E-state index is 2.32. The minimum Gasteiger partial charge on any atom is -0.0622 e. The van der Waals surface area contributed by atoms with Crippen LogP contribution in [0.2, 0.25) is 0 Å².